The molecule has 126 valence electrons. The van der Waals surface area contributed by atoms with Gasteiger partial charge in [-0.15, -0.1) is 0 Å². The molecule has 3 fully saturated rings. The Balaban J connectivity index is 1.71. The molecule has 4 atom stereocenters. The number of cyclic esters (lactones) is 1. The van der Waals surface area contributed by atoms with E-state index in [1.165, 1.54) is 32.4 Å². The lowest BCUT2D eigenvalue weighted by Gasteiger charge is -2.29. The Hall–Kier alpha value is -1.49. The van der Waals surface area contributed by atoms with E-state index in [0.29, 0.717) is 29.1 Å². The molecule has 5 heteroatoms. The number of fused-ring (bicyclic) bond motifs is 3. The Morgan fingerprint density at radius 3 is 2.70 bits per heavy atom. The number of esters is 1. The van der Waals surface area contributed by atoms with Crippen molar-refractivity contribution in [1.29, 1.82) is 0 Å². The third-order valence-corrected chi connectivity index (χ3v) is 5.97. The highest BCUT2D eigenvalue weighted by molar-refractivity contribution is 5.93. The van der Waals surface area contributed by atoms with Crippen molar-refractivity contribution in [3.63, 3.8) is 0 Å². The van der Waals surface area contributed by atoms with E-state index in [1.54, 1.807) is 14.0 Å². The first-order valence-electron chi connectivity index (χ1n) is 8.74. The van der Waals surface area contributed by atoms with Gasteiger partial charge >= 0.3 is 5.97 Å². The summed E-state index contributed by atoms with van der Waals surface area (Å²) in [6, 6.07) is 0.601. The van der Waals surface area contributed by atoms with Crippen molar-refractivity contribution in [3.05, 3.63) is 22.9 Å². The third-order valence-electron chi connectivity index (χ3n) is 5.97. The van der Waals surface area contributed by atoms with Gasteiger partial charge < -0.3 is 14.2 Å². The standard InChI is InChI=1S/C18H25NO4/c1-10-14-12-6-4-8-19(12)9-5-7-13(14)22-16(10)17-15(21-3)11(2)18(20)23-17/h10,12-14H,4-9H2,1-3H3/t10-,12-,13+,14+/m0/s1. The predicted molar refractivity (Wildman–Crippen MR) is 84.2 cm³/mol. The molecule has 0 radical (unpaired) electrons. The number of carbonyl (C=O) groups excluding carboxylic acids is 1. The fraction of sp³-hybridized carbons (Fsp3) is 0.722. The molecular formula is C18H25NO4. The zero-order valence-electron chi connectivity index (χ0n) is 14.1. The molecule has 0 saturated carbocycles. The molecule has 5 nitrogen and oxygen atoms in total. The second-order valence-corrected chi connectivity index (χ2v) is 7.15. The Kier molecular flexibility index (Phi) is 3.63. The van der Waals surface area contributed by atoms with Crippen molar-refractivity contribution in [1.82, 2.24) is 4.90 Å². The number of rotatable bonds is 1. The van der Waals surface area contributed by atoms with E-state index in [4.69, 9.17) is 14.2 Å². The summed E-state index contributed by atoms with van der Waals surface area (Å²) in [7, 11) is 1.58. The quantitative estimate of drug-likeness (QED) is 0.695. The molecule has 23 heavy (non-hydrogen) atoms. The molecule has 0 N–H and O–H groups in total. The van der Waals surface area contributed by atoms with Crippen LogP contribution in [-0.4, -0.2) is 43.2 Å². The summed E-state index contributed by atoms with van der Waals surface area (Å²) in [6.45, 7) is 6.36. The minimum Gasteiger partial charge on any atom is -0.492 e. The van der Waals surface area contributed by atoms with Crippen LogP contribution in [0.3, 0.4) is 0 Å². The molecule has 0 unspecified atom stereocenters. The second kappa shape index (κ2) is 5.55. The Morgan fingerprint density at radius 2 is 1.96 bits per heavy atom. The SMILES string of the molecule is COC1=C(C)C(=O)OC1=C1O[C@@H]2CCCN3CCC[C@H]3[C@H]2[C@@H]1C. The molecule has 0 bridgehead atoms. The van der Waals surface area contributed by atoms with E-state index >= 15 is 0 Å². The van der Waals surface area contributed by atoms with Crippen LogP contribution >= 0.6 is 0 Å². The number of allylic oxidation sites excluding steroid dienone is 1. The van der Waals surface area contributed by atoms with Gasteiger partial charge in [0.15, 0.2) is 5.76 Å². The topological polar surface area (TPSA) is 48.0 Å². The van der Waals surface area contributed by atoms with Crippen LogP contribution < -0.4 is 0 Å². The number of carbonyl (C=O) groups is 1. The smallest absolute Gasteiger partial charge is 0.343 e. The van der Waals surface area contributed by atoms with E-state index < -0.39 is 0 Å². The summed E-state index contributed by atoms with van der Waals surface area (Å²) in [5.74, 6) is 2.28. The zero-order chi connectivity index (χ0) is 16.1. The van der Waals surface area contributed by atoms with Crippen molar-refractivity contribution in [2.75, 3.05) is 20.2 Å². The average Bonchev–Trinajstić information content (AvgIpc) is 3.15. The third kappa shape index (κ3) is 2.20. The van der Waals surface area contributed by atoms with Gasteiger partial charge in [-0.1, -0.05) is 6.92 Å². The maximum atomic E-state index is 11.9. The first-order chi connectivity index (χ1) is 11.1. The number of ether oxygens (including phenoxy) is 3. The lowest BCUT2D eigenvalue weighted by Crippen LogP contribution is -2.38. The molecule has 0 spiro atoms. The summed E-state index contributed by atoms with van der Waals surface area (Å²) in [5.41, 5.74) is 0.528. The normalized spacial score (nSPS) is 40.6. The highest BCUT2D eigenvalue weighted by Crippen LogP contribution is 2.48. The minimum absolute atomic E-state index is 0.235. The zero-order valence-corrected chi connectivity index (χ0v) is 14.1. The maximum absolute atomic E-state index is 11.9. The predicted octanol–water partition coefficient (Wildman–Crippen LogP) is 2.58. The number of nitrogens with zero attached hydrogens (tertiary/aromatic N) is 1. The molecule has 0 aliphatic carbocycles. The molecule has 4 aliphatic heterocycles. The molecule has 4 rings (SSSR count). The molecule has 0 amide bonds. The van der Waals surface area contributed by atoms with Crippen molar-refractivity contribution in [2.45, 2.75) is 51.7 Å². The van der Waals surface area contributed by atoms with Crippen molar-refractivity contribution in [2.24, 2.45) is 11.8 Å². The van der Waals surface area contributed by atoms with Crippen LogP contribution in [0, 0.1) is 11.8 Å². The van der Waals surface area contributed by atoms with Crippen LogP contribution in [0.5, 0.6) is 0 Å². The van der Waals surface area contributed by atoms with E-state index in [1.807, 2.05) is 0 Å². The van der Waals surface area contributed by atoms with Crippen LogP contribution in [0.4, 0.5) is 0 Å². The lowest BCUT2D eigenvalue weighted by atomic mass is 9.82. The fourth-order valence-corrected chi connectivity index (χ4v) is 4.89. The van der Waals surface area contributed by atoms with Crippen LogP contribution in [0.1, 0.15) is 39.5 Å². The first-order valence-corrected chi connectivity index (χ1v) is 8.74. The average molecular weight is 319 g/mol. The van der Waals surface area contributed by atoms with E-state index in [0.717, 1.165) is 12.2 Å². The van der Waals surface area contributed by atoms with Crippen LogP contribution in [0.15, 0.2) is 22.9 Å². The highest BCUT2D eigenvalue weighted by atomic mass is 16.6. The van der Waals surface area contributed by atoms with Gasteiger partial charge in [0.25, 0.3) is 0 Å². The Bertz CT molecular complexity index is 594. The summed E-state index contributed by atoms with van der Waals surface area (Å²) in [4.78, 5) is 14.5. The van der Waals surface area contributed by atoms with Crippen molar-refractivity contribution >= 4 is 5.97 Å². The van der Waals surface area contributed by atoms with E-state index in [-0.39, 0.29) is 18.0 Å². The van der Waals surface area contributed by atoms with Gasteiger partial charge in [-0.05, 0) is 45.7 Å². The lowest BCUT2D eigenvalue weighted by molar-refractivity contribution is -0.133. The molecular weight excluding hydrogens is 294 g/mol. The van der Waals surface area contributed by atoms with Crippen LogP contribution in [0.25, 0.3) is 0 Å². The van der Waals surface area contributed by atoms with Gasteiger partial charge in [0.05, 0.1) is 12.7 Å². The highest BCUT2D eigenvalue weighted by Gasteiger charge is 2.50. The molecule has 0 aromatic rings. The molecule has 4 heterocycles. The minimum atomic E-state index is -0.324. The van der Waals surface area contributed by atoms with Gasteiger partial charge in [0.2, 0.25) is 5.76 Å². The Morgan fingerprint density at radius 1 is 1.22 bits per heavy atom. The van der Waals surface area contributed by atoms with Gasteiger partial charge in [0, 0.05) is 17.9 Å². The van der Waals surface area contributed by atoms with Crippen molar-refractivity contribution < 1.29 is 19.0 Å². The van der Waals surface area contributed by atoms with Gasteiger partial charge in [-0.3, -0.25) is 4.90 Å². The van der Waals surface area contributed by atoms with Crippen molar-refractivity contribution in [3.8, 4) is 0 Å². The summed E-state index contributed by atoms with van der Waals surface area (Å²) >= 11 is 0. The number of methoxy groups -OCH3 is 1. The van der Waals surface area contributed by atoms with Crippen LogP contribution in [0.2, 0.25) is 0 Å². The maximum Gasteiger partial charge on any atom is 0.343 e. The van der Waals surface area contributed by atoms with E-state index in [9.17, 15) is 4.79 Å². The molecule has 0 aromatic carbocycles. The summed E-state index contributed by atoms with van der Waals surface area (Å²) in [5, 5.41) is 0. The van der Waals surface area contributed by atoms with E-state index in [2.05, 4.69) is 11.8 Å². The molecule has 0 aromatic heterocycles. The van der Waals surface area contributed by atoms with Crippen LogP contribution in [-0.2, 0) is 19.0 Å². The summed E-state index contributed by atoms with van der Waals surface area (Å²) < 4.78 is 17.2. The number of hydrogen-bond acceptors (Lipinski definition) is 5. The summed E-state index contributed by atoms with van der Waals surface area (Å²) in [6.07, 6.45) is 5.03. The van der Waals surface area contributed by atoms with Gasteiger partial charge in [0.1, 0.15) is 11.9 Å². The monoisotopic (exact) mass is 319 g/mol. The second-order valence-electron chi connectivity index (χ2n) is 7.15. The molecule has 3 saturated heterocycles. The first kappa shape index (κ1) is 15.1. The fourth-order valence-electron chi connectivity index (χ4n) is 4.89. The number of hydrogen-bond donors (Lipinski definition) is 0. The van der Waals surface area contributed by atoms with Gasteiger partial charge in [-0.2, -0.15) is 0 Å². The largest absolute Gasteiger partial charge is 0.492 e. The van der Waals surface area contributed by atoms with Gasteiger partial charge in [-0.25, -0.2) is 4.79 Å². The Labute approximate surface area is 137 Å². The molecule has 4 aliphatic rings.